The molecule has 0 spiro atoms. The van der Waals surface area contributed by atoms with Crippen molar-refractivity contribution in [2.45, 2.75) is 6.61 Å². The molecule has 1 N–H and O–H groups in total. The summed E-state index contributed by atoms with van der Waals surface area (Å²) in [7, 11) is 1.36. The van der Waals surface area contributed by atoms with Gasteiger partial charge in [0.1, 0.15) is 5.52 Å². The van der Waals surface area contributed by atoms with Crippen LogP contribution in [-0.4, -0.2) is 23.8 Å². The van der Waals surface area contributed by atoms with E-state index in [2.05, 4.69) is 9.72 Å². The minimum atomic E-state index is -2.94. The van der Waals surface area contributed by atoms with Gasteiger partial charge in [0.25, 0.3) is 0 Å². The molecule has 140 valence electrons. The Morgan fingerprint density at radius 3 is 2.52 bits per heavy atom. The number of halogens is 4. The lowest BCUT2D eigenvalue weighted by atomic mass is 10.1. The predicted octanol–water partition coefficient (Wildman–Crippen LogP) is 6.03. The van der Waals surface area contributed by atoms with Crippen molar-refractivity contribution in [1.82, 2.24) is 4.98 Å². The Morgan fingerprint density at radius 2 is 1.81 bits per heavy atom. The van der Waals surface area contributed by atoms with E-state index in [0.717, 1.165) is 0 Å². The van der Waals surface area contributed by atoms with Gasteiger partial charge < -0.3 is 14.6 Å². The Morgan fingerprint density at radius 1 is 1.04 bits per heavy atom. The molecule has 0 radical (unpaired) electrons. The van der Waals surface area contributed by atoms with Gasteiger partial charge in [-0.1, -0.05) is 35.3 Å². The van der Waals surface area contributed by atoms with Crippen LogP contribution in [0.3, 0.4) is 0 Å². The van der Waals surface area contributed by atoms with Crippen LogP contribution in [0.25, 0.3) is 23.1 Å². The van der Waals surface area contributed by atoms with E-state index in [9.17, 15) is 13.9 Å². The maximum atomic E-state index is 12.4. The first-order valence-corrected chi connectivity index (χ1v) is 8.43. The van der Waals surface area contributed by atoms with Crippen molar-refractivity contribution >= 4 is 46.3 Å². The highest BCUT2D eigenvalue weighted by Gasteiger charge is 2.12. The fourth-order valence-corrected chi connectivity index (χ4v) is 2.99. The van der Waals surface area contributed by atoms with E-state index >= 15 is 0 Å². The average molecular weight is 412 g/mol. The Hall–Kier alpha value is -2.57. The zero-order valence-corrected chi connectivity index (χ0v) is 15.4. The highest BCUT2D eigenvalue weighted by Crippen LogP contribution is 2.36. The third-order valence-corrected chi connectivity index (χ3v) is 4.33. The molecule has 8 heteroatoms. The van der Waals surface area contributed by atoms with Gasteiger partial charge in [0.15, 0.2) is 17.2 Å². The second-order valence-electron chi connectivity index (χ2n) is 5.44. The van der Waals surface area contributed by atoms with Crippen LogP contribution in [0.1, 0.15) is 11.3 Å². The number of phenols is 1. The third-order valence-electron chi connectivity index (χ3n) is 3.73. The number of pyridine rings is 1. The van der Waals surface area contributed by atoms with Crippen molar-refractivity contribution in [2.24, 2.45) is 0 Å². The topological polar surface area (TPSA) is 51.6 Å². The van der Waals surface area contributed by atoms with Crippen LogP contribution in [0.5, 0.6) is 17.2 Å². The second kappa shape index (κ2) is 7.98. The minimum Gasteiger partial charge on any atom is -0.504 e. The molecule has 0 bridgehead atoms. The Labute approximate surface area is 163 Å². The number of alkyl halides is 2. The van der Waals surface area contributed by atoms with Crippen molar-refractivity contribution in [3.63, 3.8) is 0 Å². The molecule has 0 unspecified atom stereocenters. The summed E-state index contributed by atoms with van der Waals surface area (Å²) >= 11 is 12.0. The number of phenolic OH excluding ortho intramolecular Hbond substituents is 1. The number of ether oxygens (including phenoxy) is 2. The number of aromatic hydroxyl groups is 1. The van der Waals surface area contributed by atoms with Crippen LogP contribution in [-0.2, 0) is 0 Å². The van der Waals surface area contributed by atoms with Gasteiger partial charge in [-0.25, -0.2) is 4.98 Å². The largest absolute Gasteiger partial charge is 0.504 e. The number of hydrogen-bond donors (Lipinski definition) is 1. The van der Waals surface area contributed by atoms with E-state index in [1.54, 1.807) is 36.4 Å². The summed E-state index contributed by atoms with van der Waals surface area (Å²) in [6, 6.07) is 9.45. The number of nitrogens with zero attached hydrogens (tertiary/aromatic N) is 1. The van der Waals surface area contributed by atoms with E-state index in [1.165, 1.54) is 19.2 Å². The van der Waals surface area contributed by atoms with Gasteiger partial charge in [-0.05, 0) is 42.0 Å². The van der Waals surface area contributed by atoms with Gasteiger partial charge in [0.2, 0.25) is 0 Å². The Kier molecular flexibility index (Phi) is 5.68. The minimum absolute atomic E-state index is 0.0531. The summed E-state index contributed by atoms with van der Waals surface area (Å²) in [5.74, 6) is -0.0238. The van der Waals surface area contributed by atoms with E-state index < -0.39 is 6.61 Å². The van der Waals surface area contributed by atoms with Crippen molar-refractivity contribution in [1.29, 1.82) is 0 Å². The molecule has 0 fully saturated rings. The van der Waals surface area contributed by atoms with Crippen molar-refractivity contribution < 1.29 is 23.4 Å². The lowest BCUT2D eigenvalue weighted by Crippen LogP contribution is -2.03. The molecule has 0 atom stereocenters. The van der Waals surface area contributed by atoms with Crippen LogP contribution in [0.4, 0.5) is 8.78 Å². The highest BCUT2D eigenvalue weighted by atomic mass is 35.5. The maximum Gasteiger partial charge on any atom is 0.387 e. The molecule has 4 nitrogen and oxygen atoms in total. The van der Waals surface area contributed by atoms with Gasteiger partial charge in [0.05, 0.1) is 22.8 Å². The zero-order valence-electron chi connectivity index (χ0n) is 13.9. The Balaban J connectivity index is 1.93. The number of benzene rings is 2. The summed E-state index contributed by atoms with van der Waals surface area (Å²) in [5, 5.41) is 11.2. The van der Waals surface area contributed by atoms with Crippen LogP contribution >= 0.6 is 23.2 Å². The summed E-state index contributed by atoms with van der Waals surface area (Å²) in [4.78, 5) is 4.35. The maximum absolute atomic E-state index is 12.4. The second-order valence-corrected chi connectivity index (χ2v) is 6.26. The van der Waals surface area contributed by atoms with Gasteiger partial charge in [-0.3, -0.25) is 0 Å². The number of fused-ring (bicyclic) bond motifs is 1. The van der Waals surface area contributed by atoms with Crippen molar-refractivity contribution in [3.05, 3.63) is 57.7 Å². The summed E-state index contributed by atoms with van der Waals surface area (Å²) in [6.45, 7) is -2.94. The Bertz CT molecular complexity index is 1030. The first-order chi connectivity index (χ1) is 12.9. The smallest absolute Gasteiger partial charge is 0.387 e. The molecular weight excluding hydrogens is 399 g/mol. The molecule has 3 aromatic rings. The predicted molar refractivity (Wildman–Crippen MR) is 102 cm³/mol. The van der Waals surface area contributed by atoms with Crippen LogP contribution in [0.2, 0.25) is 10.0 Å². The van der Waals surface area contributed by atoms with E-state index in [4.69, 9.17) is 27.9 Å². The standard InChI is InChI=1S/C19H13Cl2F2NO3/c1-26-16-8-10(3-7-15(16)27-19(22)23)2-4-11-5-6-12-13(20)9-14(21)18(25)17(12)24-11/h2-9,19,25H,1H3. The lowest BCUT2D eigenvalue weighted by molar-refractivity contribution is -0.0512. The molecule has 3 rings (SSSR count). The van der Waals surface area contributed by atoms with Gasteiger partial charge in [0, 0.05) is 5.39 Å². The molecule has 0 aliphatic carbocycles. The molecule has 0 aliphatic heterocycles. The van der Waals surface area contributed by atoms with E-state index in [0.29, 0.717) is 21.7 Å². The lowest BCUT2D eigenvalue weighted by Gasteiger charge is -2.10. The molecule has 0 amide bonds. The molecule has 0 saturated heterocycles. The molecular formula is C19H13Cl2F2NO3. The van der Waals surface area contributed by atoms with Crippen molar-refractivity contribution in [3.8, 4) is 17.2 Å². The molecule has 1 aromatic heterocycles. The fourth-order valence-electron chi connectivity index (χ4n) is 2.47. The SMILES string of the molecule is COc1cc(C=Cc2ccc3c(Cl)cc(Cl)c(O)c3n2)ccc1OC(F)F. The number of aromatic nitrogens is 1. The van der Waals surface area contributed by atoms with Gasteiger partial charge >= 0.3 is 6.61 Å². The molecule has 1 heterocycles. The summed E-state index contributed by atoms with van der Waals surface area (Å²) in [5.41, 5.74) is 1.51. The molecule has 2 aromatic carbocycles. The van der Waals surface area contributed by atoms with Crippen LogP contribution < -0.4 is 9.47 Å². The van der Waals surface area contributed by atoms with Gasteiger partial charge in [-0.15, -0.1) is 0 Å². The highest BCUT2D eigenvalue weighted by molar-refractivity contribution is 6.39. The molecule has 0 aliphatic rings. The normalized spacial score (nSPS) is 11.5. The molecule has 0 saturated carbocycles. The third kappa shape index (κ3) is 4.23. The first kappa shape index (κ1) is 19.2. The van der Waals surface area contributed by atoms with E-state index in [-0.39, 0.29) is 27.8 Å². The first-order valence-electron chi connectivity index (χ1n) is 7.67. The fraction of sp³-hybridized carbons (Fsp3) is 0.105. The number of rotatable bonds is 5. The van der Waals surface area contributed by atoms with Crippen molar-refractivity contribution in [2.75, 3.05) is 7.11 Å². The average Bonchev–Trinajstić information content (AvgIpc) is 2.64. The van der Waals surface area contributed by atoms with Gasteiger partial charge in [-0.2, -0.15) is 8.78 Å². The monoisotopic (exact) mass is 411 g/mol. The molecule has 27 heavy (non-hydrogen) atoms. The quantitative estimate of drug-likeness (QED) is 0.556. The van der Waals surface area contributed by atoms with Crippen LogP contribution in [0, 0.1) is 0 Å². The van der Waals surface area contributed by atoms with E-state index in [1.807, 2.05) is 0 Å². The van der Waals surface area contributed by atoms with Crippen LogP contribution in [0.15, 0.2) is 36.4 Å². The number of methoxy groups -OCH3 is 1. The summed E-state index contributed by atoms with van der Waals surface area (Å²) < 4.78 is 34.2. The zero-order chi connectivity index (χ0) is 19.6. The summed E-state index contributed by atoms with van der Waals surface area (Å²) in [6.07, 6.45) is 3.40. The number of hydrogen-bond acceptors (Lipinski definition) is 4.